The predicted molar refractivity (Wildman–Crippen MR) is 72.0 cm³/mol. The largest absolute Gasteiger partial charge is 0.308 e. The Bertz CT molecular complexity index is 545. The van der Waals surface area contributed by atoms with Crippen LogP contribution in [0.25, 0.3) is 0 Å². The molecule has 20 heavy (non-hydrogen) atoms. The SMILES string of the molecule is O=C(CC1CCSCC1)c1cc(F)cc([N+](=O)[O-])c1F. The highest BCUT2D eigenvalue weighted by atomic mass is 32.2. The van der Waals surface area contributed by atoms with Crippen LogP contribution in [-0.4, -0.2) is 22.2 Å². The first-order valence-corrected chi connectivity index (χ1v) is 7.39. The Morgan fingerprint density at radius 2 is 2.00 bits per heavy atom. The number of nitro groups is 1. The van der Waals surface area contributed by atoms with E-state index in [1.165, 1.54) is 0 Å². The number of thioether (sulfide) groups is 1. The zero-order chi connectivity index (χ0) is 14.7. The number of hydrogen-bond donors (Lipinski definition) is 0. The first kappa shape index (κ1) is 14.9. The fourth-order valence-electron chi connectivity index (χ4n) is 2.23. The van der Waals surface area contributed by atoms with Gasteiger partial charge in [0.1, 0.15) is 5.82 Å². The third-order valence-electron chi connectivity index (χ3n) is 3.33. The minimum atomic E-state index is -1.24. The molecule has 2 rings (SSSR count). The lowest BCUT2D eigenvalue weighted by atomic mass is 9.93. The number of carbonyl (C=O) groups is 1. The highest BCUT2D eigenvalue weighted by Crippen LogP contribution is 2.29. The number of nitrogens with zero attached hydrogens (tertiary/aromatic N) is 1. The van der Waals surface area contributed by atoms with Crippen LogP contribution in [0.1, 0.15) is 29.6 Å². The molecule has 0 aromatic heterocycles. The molecule has 0 spiro atoms. The quantitative estimate of drug-likeness (QED) is 0.484. The number of Topliss-reactive ketones (excluding diaryl/α,β-unsaturated/α-hetero) is 1. The van der Waals surface area contributed by atoms with Crippen molar-refractivity contribution in [1.29, 1.82) is 0 Å². The Kier molecular flexibility index (Phi) is 4.69. The van der Waals surface area contributed by atoms with Gasteiger partial charge in [-0.25, -0.2) is 4.39 Å². The summed E-state index contributed by atoms with van der Waals surface area (Å²) in [6.45, 7) is 0. The molecule has 0 amide bonds. The number of ketones is 1. The van der Waals surface area contributed by atoms with Gasteiger partial charge in [-0.3, -0.25) is 14.9 Å². The molecule has 1 aromatic carbocycles. The second kappa shape index (κ2) is 6.30. The van der Waals surface area contributed by atoms with E-state index in [2.05, 4.69) is 0 Å². The van der Waals surface area contributed by atoms with Crippen LogP contribution in [0, 0.1) is 27.7 Å². The average molecular weight is 301 g/mol. The van der Waals surface area contributed by atoms with E-state index >= 15 is 0 Å². The minimum Gasteiger partial charge on any atom is -0.294 e. The van der Waals surface area contributed by atoms with Crippen molar-refractivity contribution < 1.29 is 18.5 Å². The van der Waals surface area contributed by atoms with Gasteiger partial charge in [0, 0.05) is 6.42 Å². The second-order valence-corrected chi connectivity index (χ2v) is 5.95. The normalized spacial score (nSPS) is 16.1. The lowest BCUT2D eigenvalue weighted by Crippen LogP contribution is -2.16. The summed E-state index contributed by atoms with van der Waals surface area (Å²) >= 11 is 1.80. The van der Waals surface area contributed by atoms with Crippen LogP contribution < -0.4 is 0 Å². The summed E-state index contributed by atoms with van der Waals surface area (Å²) in [6.07, 6.45) is 1.82. The van der Waals surface area contributed by atoms with E-state index in [0.717, 1.165) is 30.4 Å². The van der Waals surface area contributed by atoms with Crippen molar-refractivity contribution in [2.75, 3.05) is 11.5 Å². The molecule has 108 valence electrons. The van der Waals surface area contributed by atoms with Crippen molar-refractivity contribution in [3.8, 4) is 0 Å². The second-order valence-electron chi connectivity index (χ2n) is 4.73. The summed E-state index contributed by atoms with van der Waals surface area (Å²) in [7, 11) is 0. The molecule has 0 bridgehead atoms. The molecule has 1 aromatic rings. The molecule has 0 unspecified atom stereocenters. The molecule has 1 aliphatic heterocycles. The molecule has 7 heteroatoms. The minimum absolute atomic E-state index is 0.109. The molecule has 0 atom stereocenters. The lowest BCUT2D eigenvalue weighted by Gasteiger charge is -2.20. The molecule has 0 aliphatic carbocycles. The van der Waals surface area contributed by atoms with Gasteiger partial charge in [0.25, 0.3) is 0 Å². The number of rotatable bonds is 4. The van der Waals surface area contributed by atoms with Gasteiger partial charge in [0.15, 0.2) is 5.78 Å². The number of hydrogen-bond acceptors (Lipinski definition) is 4. The highest BCUT2D eigenvalue weighted by molar-refractivity contribution is 7.99. The highest BCUT2D eigenvalue weighted by Gasteiger charge is 2.26. The van der Waals surface area contributed by atoms with Gasteiger partial charge in [-0.2, -0.15) is 16.2 Å². The van der Waals surface area contributed by atoms with Gasteiger partial charge in [-0.05, 0) is 36.3 Å². The topological polar surface area (TPSA) is 60.2 Å². The fraction of sp³-hybridized carbons (Fsp3) is 0.462. The van der Waals surface area contributed by atoms with E-state index < -0.39 is 33.6 Å². The first-order valence-electron chi connectivity index (χ1n) is 6.23. The maximum absolute atomic E-state index is 13.9. The molecule has 0 N–H and O–H groups in total. The van der Waals surface area contributed by atoms with Gasteiger partial charge in [-0.1, -0.05) is 0 Å². The van der Waals surface area contributed by atoms with Crippen LogP contribution in [0.4, 0.5) is 14.5 Å². The summed E-state index contributed by atoms with van der Waals surface area (Å²) in [5, 5.41) is 10.6. The van der Waals surface area contributed by atoms with Crippen LogP contribution >= 0.6 is 11.8 Å². The Hall–Kier alpha value is -1.50. The fourth-order valence-corrected chi connectivity index (χ4v) is 3.44. The van der Waals surface area contributed by atoms with Crippen LogP contribution in [0.5, 0.6) is 0 Å². The third kappa shape index (κ3) is 3.33. The van der Waals surface area contributed by atoms with Crippen molar-refractivity contribution in [3.63, 3.8) is 0 Å². The molecule has 1 saturated heterocycles. The van der Waals surface area contributed by atoms with E-state index in [0.29, 0.717) is 6.07 Å². The van der Waals surface area contributed by atoms with Crippen molar-refractivity contribution in [2.45, 2.75) is 19.3 Å². The van der Waals surface area contributed by atoms with E-state index in [9.17, 15) is 23.7 Å². The van der Waals surface area contributed by atoms with Crippen molar-refractivity contribution >= 4 is 23.2 Å². The Balaban J connectivity index is 2.22. The summed E-state index contributed by atoms with van der Waals surface area (Å²) in [4.78, 5) is 21.6. The van der Waals surface area contributed by atoms with Crippen molar-refractivity contribution in [2.24, 2.45) is 5.92 Å². The Morgan fingerprint density at radius 3 is 2.60 bits per heavy atom. The monoisotopic (exact) mass is 301 g/mol. The number of halogens is 2. The van der Waals surface area contributed by atoms with Crippen molar-refractivity contribution in [1.82, 2.24) is 0 Å². The van der Waals surface area contributed by atoms with E-state index in [-0.39, 0.29) is 12.3 Å². The Labute approximate surface area is 118 Å². The molecule has 1 heterocycles. The molecular formula is C13H13F2NO3S. The molecular weight excluding hydrogens is 288 g/mol. The standard InChI is InChI=1S/C13H13F2NO3S/c14-9-6-10(13(15)11(7-9)16(18)19)12(17)5-8-1-3-20-4-2-8/h6-8H,1-5H2. The molecule has 0 saturated carbocycles. The maximum Gasteiger partial charge on any atom is 0.308 e. The summed E-state index contributed by atoms with van der Waals surface area (Å²) in [5.41, 5.74) is -1.51. The zero-order valence-electron chi connectivity index (χ0n) is 10.6. The van der Waals surface area contributed by atoms with Gasteiger partial charge >= 0.3 is 5.69 Å². The van der Waals surface area contributed by atoms with E-state index in [4.69, 9.17) is 0 Å². The van der Waals surface area contributed by atoms with E-state index in [1.807, 2.05) is 0 Å². The smallest absolute Gasteiger partial charge is 0.294 e. The Morgan fingerprint density at radius 1 is 1.35 bits per heavy atom. The zero-order valence-corrected chi connectivity index (χ0v) is 11.4. The third-order valence-corrected chi connectivity index (χ3v) is 4.38. The molecule has 0 radical (unpaired) electrons. The summed E-state index contributed by atoms with van der Waals surface area (Å²) in [6, 6.07) is 1.23. The molecule has 1 fully saturated rings. The predicted octanol–water partition coefficient (Wildman–Crippen LogP) is 3.59. The summed E-state index contributed by atoms with van der Waals surface area (Å²) < 4.78 is 27.2. The molecule has 1 aliphatic rings. The van der Waals surface area contributed by atoms with Gasteiger partial charge < -0.3 is 0 Å². The maximum atomic E-state index is 13.9. The van der Waals surface area contributed by atoms with Gasteiger partial charge in [-0.15, -0.1) is 0 Å². The average Bonchev–Trinajstić information content (AvgIpc) is 2.41. The number of benzene rings is 1. The first-order chi connectivity index (χ1) is 9.49. The number of carbonyl (C=O) groups excluding carboxylic acids is 1. The molecule has 4 nitrogen and oxygen atoms in total. The van der Waals surface area contributed by atoms with Gasteiger partial charge in [0.2, 0.25) is 5.82 Å². The van der Waals surface area contributed by atoms with E-state index in [1.54, 1.807) is 11.8 Å². The van der Waals surface area contributed by atoms with Crippen molar-refractivity contribution in [3.05, 3.63) is 39.4 Å². The summed E-state index contributed by atoms with van der Waals surface area (Å²) in [5.74, 6) is -0.743. The van der Waals surface area contributed by atoms with Crippen LogP contribution in [0.3, 0.4) is 0 Å². The number of nitro benzene ring substituents is 1. The van der Waals surface area contributed by atoms with Crippen LogP contribution in [0.15, 0.2) is 12.1 Å². The van der Waals surface area contributed by atoms with Crippen LogP contribution in [0.2, 0.25) is 0 Å². The van der Waals surface area contributed by atoms with Crippen LogP contribution in [-0.2, 0) is 0 Å². The van der Waals surface area contributed by atoms with Gasteiger partial charge in [0.05, 0.1) is 16.6 Å². The lowest BCUT2D eigenvalue weighted by molar-refractivity contribution is -0.387.